The molecular weight excluding hydrogens is 290 g/mol. The van der Waals surface area contributed by atoms with Gasteiger partial charge in [0.25, 0.3) is 0 Å². The number of nitrogens with one attached hydrogen (secondary N) is 1. The summed E-state index contributed by atoms with van der Waals surface area (Å²) in [5, 5.41) is 3.60. The Kier molecular flexibility index (Phi) is 4.55. The predicted octanol–water partition coefficient (Wildman–Crippen LogP) is 3.38. The van der Waals surface area contributed by atoms with Gasteiger partial charge in [-0.05, 0) is 25.5 Å². The highest BCUT2D eigenvalue weighted by Gasteiger charge is 2.11. The van der Waals surface area contributed by atoms with Gasteiger partial charge in [0.15, 0.2) is 0 Å². The number of benzene rings is 1. The number of rotatable bonds is 5. The molecule has 2 rings (SSSR count). The molecule has 0 aliphatic rings. The molecule has 0 saturated carbocycles. The third-order valence-corrected chi connectivity index (χ3v) is 3.67. The average molecular weight is 308 g/mol. The Morgan fingerprint density at radius 2 is 2.11 bits per heavy atom. The Balaban J connectivity index is 1.95. The summed E-state index contributed by atoms with van der Waals surface area (Å²) in [6.45, 7) is 5.30. The third kappa shape index (κ3) is 3.43. The minimum absolute atomic E-state index is 0.319. The minimum atomic E-state index is 0.319. The van der Waals surface area contributed by atoms with Crippen LogP contribution in [0.5, 0.6) is 0 Å². The lowest BCUT2D eigenvalue weighted by atomic mass is 10.1. The van der Waals surface area contributed by atoms with Crippen molar-refractivity contribution < 1.29 is 0 Å². The molecule has 1 aromatic heterocycles. The second kappa shape index (κ2) is 6.16. The third-order valence-electron chi connectivity index (χ3n) is 2.95. The van der Waals surface area contributed by atoms with Crippen LogP contribution in [0.4, 0.5) is 0 Å². The van der Waals surface area contributed by atoms with Gasteiger partial charge in [0.05, 0.1) is 6.33 Å². The molecular formula is C14H18BrN3. The lowest BCUT2D eigenvalue weighted by molar-refractivity contribution is 0.429. The maximum atomic E-state index is 4.05. The standard InChI is InChI=1S/C14H18BrN3/c1-11(9-18-8-7-16-10-18)17-12(2)13-5-3-4-6-14(13)15/h3-8,10-12,17H,9H2,1-2H3. The van der Waals surface area contributed by atoms with E-state index in [9.17, 15) is 0 Å². The SMILES string of the molecule is CC(Cn1ccnc1)NC(C)c1ccccc1Br. The summed E-state index contributed by atoms with van der Waals surface area (Å²) >= 11 is 3.59. The van der Waals surface area contributed by atoms with Crippen LogP contribution < -0.4 is 5.32 Å². The number of nitrogens with zero attached hydrogens (tertiary/aromatic N) is 2. The largest absolute Gasteiger partial charge is 0.336 e. The van der Waals surface area contributed by atoms with Gasteiger partial charge in [-0.2, -0.15) is 0 Å². The fraction of sp³-hybridized carbons (Fsp3) is 0.357. The lowest BCUT2D eigenvalue weighted by Crippen LogP contribution is -2.32. The molecule has 1 heterocycles. The van der Waals surface area contributed by atoms with Crippen molar-refractivity contribution in [3.63, 3.8) is 0 Å². The molecule has 0 saturated heterocycles. The van der Waals surface area contributed by atoms with Crippen molar-refractivity contribution >= 4 is 15.9 Å². The van der Waals surface area contributed by atoms with E-state index in [2.05, 4.69) is 62.8 Å². The molecule has 0 aliphatic carbocycles. The van der Waals surface area contributed by atoms with Crippen LogP contribution in [0.25, 0.3) is 0 Å². The highest BCUT2D eigenvalue weighted by Crippen LogP contribution is 2.23. The fourth-order valence-corrected chi connectivity index (χ4v) is 2.73. The molecule has 0 spiro atoms. The van der Waals surface area contributed by atoms with E-state index in [-0.39, 0.29) is 0 Å². The number of hydrogen-bond acceptors (Lipinski definition) is 2. The van der Waals surface area contributed by atoms with Crippen molar-refractivity contribution in [3.05, 3.63) is 53.0 Å². The average Bonchev–Trinajstić information content (AvgIpc) is 2.82. The number of halogens is 1. The molecule has 1 aromatic carbocycles. The lowest BCUT2D eigenvalue weighted by Gasteiger charge is -2.21. The minimum Gasteiger partial charge on any atom is -0.336 e. The zero-order valence-electron chi connectivity index (χ0n) is 10.7. The summed E-state index contributed by atoms with van der Waals surface area (Å²) in [7, 11) is 0. The zero-order chi connectivity index (χ0) is 13.0. The Morgan fingerprint density at radius 1 is 1.33 bits per heavy atom. The summed E-state index contributed by atoms with van der Waals surface area (Å²) in [5.41, 5.74) is 1.29. The van der Waals surface area contributed by atoms with Crippen molar-refractivity contribution in [3.8, 4) is 0 Å². The molecule has 0 bridgehead atoms. The van der Waals surface area contributed by atoms with Gasteiger partial charge in [0.2, 0.25) is 0 Å². The molecule has 4 heteroatoms. The highest BCUT2D eigenvalue weighted by molar-refractivity contribution is 9.10. The van der Waals surface area contributed by atoms with E-state index in [1.54, 1.807) is 0 Å². The second-order valence-electron chi connectivity index (χ2n) is 4.57. The van der Waals surface area contributed by atoms with Gasteiger partial charge < -0.3 is 9.88 Å². The van der Waals surface area contributed by atoms with Gasteiger partial charge in [-0.25, -0.2) is 4.98 Å². The van der Waals surface area contributed by atoms with Gasteiger partial charge >= 0.3 is 0 Å². The van der Waals surface area contributed by atoms with Crippen molar-refractivity contribution in [1.82, 2.24) is 14.9 Å². The van der Waals surface area contributed by atoms with E-state index in [1.807, 2.05) is 24.8 Å². The summed E-state index contributed by atoms with van der Waals surface area (Å²) in [4.78, 5) is 4.05. The summed E-state index contributed by atoms with van der Waals surface area (Å²) in [5.74, 6) is 0. The first kappa shape index (κ1) is 13.3. The Bertz CT molecular complexity index is 482. The van der Waals surface area contributed by atoms with Crippen molar-refractivity contribution in [2.24, 2.45) is 0 Å². The highest BCUT2D eigenvalue weighted by atomic mass is 79.9. The molecule has 0 fully saturated rings. The molecule has 0 radical (unpaired) electrons. The van der Waals surface area contributed by atoms with Crippen molar-refractivity contribution in [2.75, 3.05) is 0 Å². The molecule has 96 valence electrons. The quantitative estimate of drug-likeness (QED) is 0.917. The van der Waals surface area contributed by atoms with E-state index in [0.29, 0.717) is 12.1 Å². The van der Waals surface area contributed by atoms with Crippen LogP contribution in [0.3, 0.4) is 0 Å². The topological polar surface area (TPSA) is 29.9 Å². The van der Waals surface area contributed by atoms with E-state index < -0.39 is 0 Å². The van der Waals surface area contributed by atoms with Crippen LogP contribution >= 0.6 is 15.9 Å². The molecule has 0 aliphatic heterocycles. The van der Waals surface area contributed by atoms with Gasteiger partial charge in [0.1, 0.15) is 0 Å². The molecule has 2 unspecified atom stereocenters. The summed E-state index contributed by atoms with van der Waals surface area (Å²) in [6, 6.07) is 9.04. The first-order chi connectivity index (χ1) is 8.66. The van der Waals surface area contributed by atoms with Crippen LogP contribution in [-0.4, -0.2) is 15.6 Å². The van der Waals surface area contributed by atoms with E-state index in [1.165, 1.54) is 5.56 Å². The monoisotopic (exact) mass is 307 g/mol. The van der Waals surface area contributed by atoms with E-state index in [4.69, 9.17) is 0 Å². The van der Waals surface area contributed by atoms with Crippen LogP contribution in [0.15, 0.2) is 47.5 Å². The van der Waals surface area contributed by atoms with E-state index >= 15 is 0 Å². The molecule has 0 amide bonds. The molecule has 1 N–H and O–H groups in total. The molecule has 18 heavy (non-hydrogen) atoms. The summed E-state index contributed by atoms with van der Waals surface area (Å²) in [6.07, 6.45) is 5.65. The Labute approximate surface area is 116 Å². The number of hydrogen-bond donors (Lipinski definition) is 1. The zero-order valence-corrected chi connectivity index (χ0v) is 12.3. The maximum absolute atomic E-state index is 4.05. The van der Waals surface area contributed by atoms with Gasteiger partial charge in [-0.15, -0.1) is 0 Å². The Hall–Kier alpha value is -1.13. The normalized spacial score (nSPS) is 14.4. The van der Waals surface area contributed by atoms with Gasteiger partial charge in [0, 0.05) is 35.5 Å². The summed E-state index contributed by atoms with van der Waals surface area (Å²) < 4.78 is 3.24. The van der Waals surface area contributed by atoms with Gasteiger partial charge in [-0.1, -0.05) is 34.1 Å². The first-order valence-corrected chi connectivity index (χ1v) is 6.92. The fourth-order valence-electron chi connectivity index (χ4n) is 2.11. The van der Waals surface area contributed by atoms with E-state index in [0.717, 1.165) is 11.0 Å². The maximum Gasteiger partial charge on any atom is 0.0946 e. The second-order valence-corrected chi connectivity index (χ2v) is 5.42. The Morgan fingerprint density at radius 3 is 2.78 bits per heavy atom. The molecule has 2 atom stereocenters. The van der Waals surface area contributed by atoms with Gasteiger partial charge in [-0.3, -0.25) is 0 Å². The van der Waals surface area contributed by atoms with Crippen LogP contribution in [0, 0.1) is 0 Å². The van der Waals surface area contributed by atoms with Crippen LogP contribution in [0.1, 0.15) is 25.5 Å². The first-order valence-electron chi connectivity index (χ1n) is 6.13. The molecule has 3 nitrogen and oxygen atoms in total. The predicted molar refractivity (Wildman–Crippen MR) is 77.4 cm³/mol. The van der Waals surface area contributed by atoms with Crippen molar-refractivity contribution in [1.29, 1.82) is 0 Å². The van der Waals surface area contributed by atoms with Crippen LogP contribution in [0.2, 0.25) is 0 Å². The molecule has 2 aromatic rings. The van der Waals surface area contributed by atoms with Crippen molar-refractivity contribution in [2.45, 2.75) is 32.5 Å². The smallest absolute Gasteiger partial charge is 0.0946 e. The van der Waals surface area contributed by atoms with Crippen LogP contribution in [-0.2, 0) is 6.54 Å². The number of aromatic nitrogens is 2. The number of imidazole rings is 1.